The second-order valence-corrected chi connectivity index (χ2v) is 3.26. The minimum absolute atomic E-state index is 0.555. The van der Waals surface area contributed by atoms with Gasteiger partial charge in [0, 0.05) is 31.1 Å². The first-order chi connectivity index (χ1) is 7.66. The number of hydrogen-bond donors (Lipinski definition) is 2. The molecule has 0 aromatic carbocycles. The van der Waals surface area contributed by atoms with Crippen LogP contribution in [-0.4, -0.2) is 20.8 Å². The summed E-state index contributed by atoms with van der Waals surface area (Å²) in [6, 6.07) is 4.83. The Balaban J connectivity index is 2.34. The number of rotatable bonds is 2. The summed E-state index contributed by atoms with van der Waals surface area (Å²) in [6.07, 6.45) is 3.37. The lowest BCUT2D eigenvalue weighted by Gasteiger charge is -1.99. The number of amides is 2. The van der Waals surface area contributed by atoms with Gasteiger partial charge in [0.05, 0.1) is 5.69 Å². The van der Waals surface area contributed by atoms with Crippen LogP contribution in [0.2, 0.25) is 0 Å². The lowest BCUT2D eigenvalue weighted by atomic mass is 10.2. The fraction of sp³-hybridized carbons (Fsp3) is 0.100. The van der Waals surface area contributed by atoms with E-state index in [0.717, 1.165) is 11.3 Å². The molecule has 2 heterocycles. The molecule has 0 radical (unpaired) electrons. The lowest BCUT2D eigenvalue weighted by molar-refractivity contribution is 0.259. The molecule has 2 amide bonds. The van der Waals surface area contributed by atoms with E-state index in [9.17, 15) is 4.79 Å². The zero-order valence-electron chi connectivity index (χ0n) is 8.71. The molecule has 0 atom stereocenters. The molecule has 0 fully saturated rings. The molecule has 6 heteroatoms. The highest BCUT2D eigenvalue weighted by atomic mass is 16.2. The molecule has 0 spiro atoms. The summed E-state index contributed by atoms with van der Waals surface area (Å²) >= 11 is 0. The third-order valence-corrected chi connectivity index (χ3v) is 2.11. The van der Waals surface area contributed by atoms with Crippen LogP contribution in [0.4, 0.5) is 10.6 Å². The SMILES string of the molecule is Cn1nc(-c2ccncc2)cc1NC(N)=O. The van der Waals surface area contributed by atoms with Crippen LogP contribution >= 0.6 is 0 Å². The average molecular weight is 217 g/mol. The van der Waals surface area contributed by atoms with Gasteiger partial charge in [0.2, 0.25) is 0 Å². The number of primary amides is 1. The molecule has 0 saturated carbocycles. The van der Waals surface area contributed by atoms with Crippen molar-refractivity contribution < 1.29 is 4.79 Å². The second-order valence-electron chi connectivity index (χ2n) is 3.26. The number of nitrogens with one attached hydrogen (secondary N) is 1. The first-order valence-corrected chi connectivity index (χ1v) is 4.67. The predicted molar refractivity (Wildman–Crippen MR) is 59.6 cm³/mol. The summed E-state index contributed by atoms with van der Waals surface area (Å²) in [7, 11) is 1.73. The molecule has 82 valence electrons. The van der Waals surface area contributed by atoms with Crippen LogP contribution in [-0.2, 0) is 7.05 Å². The summed E-state index contributed by atoms with van der Waals surface area (Å²) in [5.74, 6) is 0.555. The Labute approximate surface area is 92.1 Å². The molecule has 2 aromatic heterocycles. The number of nitrogens with two attached hydrogens (primary N) is 1. The second kappa shape index (κ2) is 4.01. The van der Waals surface area contributed by atoms with Crippen molar-refractivity contribution in [2.24, 2.45) is 12.8 Å². The van der Waals surface area contributed by atoms with Crippen molar-refractivity contribution in [3.63, 3.8) is 0 Å². The van der Waals surface area contributed by atoms with E-state index >= 15 is 0 Å². The van der Waals surface area contributed by atoms with Crippen molar-refractivity contribution in [2.45, 2.75) is 0 Å². The van der Waals surface area contributed by atoms with Crippen LogP contribution < -0.4 is 11.1 Å². The van der Waals surface area contributed by atoms with E-state index in [2.05, 4.69) is 15.4 Å². The number of carbonyl (C=O) groups is 1. The maximum atomic E-state index is 10.7. The van der Waals surface area contributed by atoms with Crippen LogP contribution in [0.3, 0.4) is 0 Å². The van der Waals surface area contributed by atoms with Crippen molar-refractivity contribution in [1.82, 2.24) is 14.8 Å². The molecular formula is C10H11N5O. The number of nitrogens with zero attached hydrogens (tertiary/aromatic N) is 3. The van der Waals surface area contributed by atoms with Gasteiger partial charge in [0.1, 0.15) is 5.82 Å². The van der Waals surface area contributed by atoms with Gasteiger partial charge in [-0.15, -0.1) is 0 Å². The maximum Gasteiger partial charge on any atom is 0.317 e. The molecule has 2 rings (SSSR count). The van der Waals surface area contributed by atoms with Gasteiger partial charge in [-0.3, -0.25) is 15.0 Å². The number of carbonyl (C=O) groups excluding carboxylic acids is 1. The molecule has 0 aliphatic carbocycles. The van der Waals surface area contributed by atoms with E-state index in [1.807, 2.05) is 12.1 Å². The number of urea groups is 1. The monoisotopic (exact) mass is 217 g/mol. The normalized spacial score (nSPS) is 10.1. The Kier molecular flexibility index (Phi) is 2.55. The third kappa shape index (κ3) is 2.00. The van der Waals surface area contributed by atoms with Gasteiger partial charge in [0.25, 0.3) is 0 Å². The summed E-state index contributed by atoms with van der Waals surface area (Å²) in [6.45, 7) is 0. The van der Waals surface area contributed by atoms with E-state index in [0.29, 0.717) is 5.82 Å². The number of aryl methyl sites for hydroxylation is 1. The van der Waals surface area contributed by atoms with Crippen molar-refractivity contribution in [3.05, 3.63) is 30.6 Å². The van der Waals surface area contributed by atoms with Crippen molar-refractivity contribution in [2.75, 3.05) is 5.32 Å². The van der Waals surface area contributed by atoms with Gasteiger partial charge in [0.15, 0.2) is 0 Å². The summed E-state index contributed by atoms with van der Waals surface area (Å²) in [4.78, 5) is 14.7. The summed E-state index contributed by atoms with van der Waals surface area (Å²) < 4.78 is 1.56. The maximum absolute atomic E-state index is 10.7. The standard InChI is InChI=1S/C10H11N5O/c1-15-9(13-10(11)16)6-8(14-15)7-2-4-12-5-3-7/h2-6H,1H3,(H3,11,13,16). The van der Waals surface area contributed by atoms with Crippen molar-refractivity contribution in [1.29, 1.82) is 0 Å². The first kappa shape index (κ1) is 10.2. The van der Waals surface area contributed by atoms with Gasteiger partial charge < -0.3 is 5.73 Å². The number of pyridine rings is 1. The fourth-order valence-electron chi connectivity index (χ4n) is 1.37. The smallest absolute Gasteiger partial charge is 0.317 e. The molecule has 3 N–H and O–H groups in total. The first-order valence-electron chi connectivity index (χ1n) is 4.67. The molecule has 0 aliphatic rings. The minimum Gasteiger partial charge on any atom is -0.351 e. The van der Waals surface area contributed by atoms with Gasteiger partial charge in [-0.25, -0.2) is 4.79 Å². The highest BCUT2D eigenvalue weighted by Crippen LogP contribution is 2.20. The van der Waals surface area contributed by atoms with E-state index in [-0.39, 0.29) is 0 Å². The summed E-state index contributed by atoms with van der Waals surface area (Å²) in [5.41, 5.74) is 6.73. The molecule has 0 aliphatic heterocycles. The highest BCUT2D eigenvalue weighted by molar-refractivity contribution is 5.87. The molecule has 0 bridgehead atoms. The quantitative estimate of drug-likeness (QED) is 0.785. The van der Waals surface area contributed by atoms with Crippen LogP contribution in [0.5, 0.6) is 0 Å². The zero-order valence-corrected chi connectivity index (χ0v) is 8.71. The molecule has 16 heavy (non-hydrogen) atoms. The van der Waals surface area contributed by atoms with Crippen molar-refractivity contribution in [3.8, 4) is 11.3 Å². The minimum atomic E-state index is -0.607. The number of aromatic nitrogens is 3. The van der Waals surface area contributed by atoms with Crippen LogP contribution in [0, 0.1) is 0 Å². The lowest BCUT2D eigenvalue weighted by Crippen LogP contribution is -2.20. The number of anilines is 1. The Morgan fingerprint density at radius 1 is 1.44 bits per heavy atom. The molecule has 0 unspecified atom stereocenters. The van der Waals surface area contributed by atoms with Crippen LogP contribution in [0.15, 0.2) is 30.6 Å². The fourth-order valence-corrected chi connectivity index (χ4v) is 1.37. The molecular weight excluding hydrogens is 206 g/mol. The molecule has 6 nitrogen and oxygen atoms in total. The highest BCUT2D eigenvalue weighted by Gasteiger charge is 2.07. The third-order valence-electron chi connectivity index (χ3n) is 2.11. The topological polar surface area (TPSA) is 85.8 Å². The zero-order chi connectivity index (χ0) is 11.5. The van der Waals surface area contributed by atoms with Gasteiger partial charge >= 0.3 is 6.03 Å². The Morgan fingerprint density at radius 2 is 2.12 bits per heavy atom. The number of hydrogen-bond acceptors (Lipinski definition) is 3. The average Bonchev–Trinajstić information content (AvgIpc) is 2.61. The van der Waals surface area contributed by atoms with E-state index in [1.165, 1.54) is 0 Å². The molecule has 0 saturated heterocycles. The Hall–Kier alpha value is -2.37. The van der Waals surface area contributed by atoms with Gasteiger partial charge in [-0.05, 0) is 12.1 Å². The van der Waals surface area contributed by atoms with Crippen LogP contribution in [0.1, 0.15) is 0 Å². The van der Waals surface area contributed by atoms with Crippen LogP contribution in [0.25, 0.3) is 11.3 Å². The van der Waals surface area contributed by atoms with Gasteiger partial charge in [-0.2, -0.15) is 5.10 Å². The predicted octanol–water partition coefficient (Wildman–Crippen LogP) is 0.973. The van der Waals surface area contributed by atoms with Crippen molar-refractivity contribution >= 4 is 11.8 Å². The Morgan fingerprint density at radius 3 is 2.75 bits per heavy atom. The van der Waals surface area contributed by atoms with Gasteiger partial charge in [-0.1, -0.05) is 0 Å². The van der Waals surface area contributed by atoms with E-state index in [4.69, 9.17) is 5.73 Å². The summed E-state index contributed by atoms with van der Waals surface area (Å²) in [5, 5.41) is 6.74. The largest absolute Gasteiger partial charge is 0.351 e. The van der Waals surface area contributed by atoms with E-state index < -0.39 is 6.03 Å². The Bertz CT molecular complexity index is 505. The molecule has 2 aromatic rings. The van der Waals surface area contributed by atoms with E-state index in [1.54, 1.807) is 30.2 Å².